The average Bonchev–Trinajstić information content (AvgIpc) is 3.10. The number of hydrogen-bond acceptors (Lipinski definition) is 4. The molecular weight excluding hydrogens is 408 g/mol. The minimum Gasteiger partial charge on any atom is -0.341 e. The summed E-state index contributed by atoms with van der Waals surface area (Å²) in [5.41, 5.74) is -0.204. The number of benzene rings is 1. The van der Waals surface area contributed by atoms with E-state index in [9.17, 15) is 22.4 Å². The Morgan fingerprint density at radius 3 is 2.45 bits per heavy atom. The summed E-state index contributed by atoms with van der Waals surface area (Å²) in [5, 5.41) is 3.12. The van der Waals surface area contributed by atoms with Crippen LogP contribution in [-0.4, -0.2) is 26.2 Å². The SMILES string of the molecule is Cn1ccnc1C(NC(=O)CSc1ccc(C(F)(F)F)cn1)c1ccc(F)cc1. The predicted octanol–water partition coefficient (Wildman–Crippen LogP) is 3.97. The number of nitrogens with one attached hydrogen (secondary N) is 1. The number of aryl methyl sites for hydroxylation is 1. The molecule has 2 heterocycles. The molecule has 3 aromatic rings. The molecule has 1 amide bonds. The van der Waals surface area contributed by atoms with Crippen molar-refractivity contribution in [2.45, 2.75) is 17.2 Å². The van der Waals surface area contributed by atoms with E-state index in [4.69, 9.17) is 0 Å². The second kappa shape index (κ2) is 8.64. The molecule has 0 bridgehead atoms. The minimum absolute atomic E-state index is 0.0551. The first-order chi connectivity index (χ1) is 13.7. The summed E-state index contributed by atoms with van der Waals surface area (Å²) in [6.07, 6.45) is -0.425. The Morgan fingerprint density at radius 1 is 1.17 bits per heavy atom. The largest absolute Gasteiger partial charge is 0.417 e. The quantitative estimate of drug-likeness (QED) is 0.481. The van der Waals surface area contributed by atoms with E-state index in [1.807, 2.05) is 0 Å². The lowest BCUT2D eigenvalue weighted by atomic mass is 10.1. The van der Waals surface area contributed by atoms with E-state index in [2.05, 4.69) is 15.3 Å². The van der Waals surface area contributed by atoms with Crippen LogP contribution in [0.1, 0.15) is 23.0 Å². The number of alkyl halides is 3. The van der Waals surface area contributed by atoms with Crippen LogP contribution in [0.4, 0.5) is 17.6 Å². The number of hydrogen-bond donors (Lipinski definition) is 1. The molecule has 1 unspecified atom stereocenters. The van der Waals surface area contributed by atoms with Gasteiger partial charge >= 0.3 is 6.18 Å². The molecule has 0 fully saturated rings. The summed E-state index contributed by atoms with van der Waals surface area (Å²) in [6, 6.07) is 7.22. The van der Waals surface area contributed by atoms with Gasteiger partial charge in [-0.25, -0.2) is 14.4 Å². The molecule has 3 rings (SSSR count). The highest BCUT2D eigenvalue weighted by molar-refractivity contribution is 7.99. The molecular formula is C19H16F4N4OS. The van der Waals surface area contributed by atoms with Crippen molar-refractivity contribution in [1.29, 1.82) is 0 Å². The van der Waals surface area contributed by atoms with Crippen LogP contribution >= 0.6 is 11.8 Å². The van der Waals surface area contributed by atoms with Gasteiger partial charge in [-0.3, -0.25) is 4.79 Å². The lowest BCUT2D eigenvalue weighted by Crippen LogP contribution is -2.32. The summed E-state index contributed by atoms with van der Waals surface area (Å²) in [4.78, 5) is 20.4. The molecule has 5 nitrogen and oxygen atoms in total. The van der Waals surface area contributed by atoms with E-state index < -0.39 is 23.6 Å². The molecule has 1 aromatic carbocycles. The van der Waals surface area contributed by atoms with Gasteiger partial charge in [0.15, 0.2) is 0 Å². The molecule has 0 radical (unpaired) electrons. The maximum absolute atomic E-state index is 13.3. The number of pyridine rings is 1. The van der Waals surface area contributed by atoms with Crippen LogP contribution in [0.25, 0.3) is 0 Å². The molecule has 152 valence electrons. The number of rotatable bonds is 6. The summed E-state index contributed by atoms with van der Waals surface area (Å²) >= 11 is 1.01. The van der Waals surface area contributed by atoms with E-state index >= 15 is 0 Å². The number of carbonyl (C=O) groups excluding carboxylic acids is 1. The Hall–Kier alpha value is -2.88. The highest BCUT2D eigenvalue weighted by Crippen LogP contribution is 2.29. The zero-order valence-electron chi connectivity index (χ0n) is 15.2. The Labute approximate surface area is 168 Å². The van der Waals surface area contributed by atoms with E-state index in [1.54, 1.807) is 36.1 Å². The number of amides is 1. The molecule has 0 aliphatic rings. The van der Waals surface area contributed by atoms with Crippen molar-refractivity contribution in [2.75, 3.05) is 5.75 Å². The van der Waals surface area contributed by atoms with Gasteiger partial charge in [0.25, 0.3) is 0 Å². The van der Waals surface area contributed by atoms with Gasteiger partial charge in [0.05, 0.1) is 16.3 Å². The zero-order valence-corrected chi connectivity index (χ0v) is 16.0. The van der Waals surface area contributed by atoms with Crippen LogP contribution in [0.3, 0.4) is 0 Å². The Morgan fingerprint density at radius 2 is 1.90 bits per heavy atom. The predicted molar refractivity (Wildman–Crippen MR) is 99.6 cm³/mol. The van der Waals surface area contributed by atoms with Crippen molar-refractivity contribution < 1.29 is 22.4 Å². The molecule has 1 N–H and O–H groups in total. The highest BCUT2D eigenvalue weighted by atomic mass is 32.2. The number of nitrogens with zero attached hydrogens (tertiary/aromatic N) is 3. The number of aromatic nitrogens is 3. The first-order valence-electron chi connectivity index (χ1n) is 8.42. The molecule has 0 saturated heterocycles. The van der Waals surface area contributed by atoms with Gasteiger partial charge in [0.1, 0.15) is 17.7 Å². The molecule has 0 aliphatic carbocycles. The fraction of sp³-hybridized carbons (Fsp3) is 0.211. The molecule has 1 atom stereocenters. The van der Waals surface area contributed by atoms with Crippen molar-refractivity contribution in [2.24, 2.45) is 7.05 Å². The van der Waals surface area contributed by atoms with Gasteiger partial charge in [-0.2, -0.15) is 13.2 Å². The summed E-state index contributed by atoms with van der Waals surface area (Å²) in [7, 11) is 1.77. The van der Waals surface area contributed by atoms with Gasteiger partial charge in [0.2, 0.25) is 5.91 Å². The monoisotopic (exact) mass is 424 g/mol. The van der Waals surface area contributed by atoms with E-state index in [-0.39, 0.29) is 11.7 Å². The van der Waals surface area contributed by atoms with Gasteiger partial charge in [-0.05, 0) is 29.8 Å². The van der Waals surface area contributed by atoms with Crippen molar-refractivity contribution in [3.8, 4) is 0 Å². The smallest absolute Gasteiger partial charge is 0.341 e. The number of halogens is 4. The molecule has 29 heavy (non-hydrogen) atoms. The Kier molecular flexibility index (Phi) is 6.21. The molecule has 0 spiro atoms. The topological polar surface area (TPSA) is 59.8 Å². The summed E-state index contributed by atoms with van der Waals surface area (Å²) in [6.45, 7) is 0. The van der Waals surface area contributed by atoms with Gasteiger partial charge in [0, 0.05) is 25.6 Å². The van der Waals surface area contributed by atoms with Crippen LogP contribution in [0.5, 0.6) is 0 Å². The van der Waals surface area contributed by atoms with Crippen LogP contribution in [0.2, 0.25) is 0 Å². The van der Waals surface area contributed by atoms with Crippen molar-refractivity contribution in [3.63, 3.8) is 0 Å². The second-order valence-corrected chi connectivity index (χ2v) is 7.12. The normalized spacial score (nSPS) is 12.6. The highest BCUT2D eigenvalue weighted by Gasteiger charge is 2.30. The first-order valence-corrected chi connectivity index (χ1v) is 9.40. The van der Waals surface area contributed by atoms with E-state index in [0.29, 0.717) is 16.4 Å². The van der Waals surface area contributed by atoms with Crippen molar-refractivity contribution >= 4 is 17.7 Å². The van der Waals surface area contributed by atoms with Gasteiger partial charge < -0.3 is 9.88 Å². The average molecular weight is 424 g/mol. The second-order valence-electron chi connectivity index (χ2n) is 6.12. The number of imidazole rings is 1. The van der Waals surface area contributed by atoms with E-state index in [0.717, 1.165) is 24.0 Å². The standard InChI is InChI=1S/C19H16F4N4OS/c1-27-9-8-24-18(27)17(12-2-5-14(20)6-3-12)26-15(28)11-29-16-7-4-13(10-25-16)19(21,22)23/h2-10,17H,11H2,1H3,(H,26,28). The summed E-state index contributed by atoms with van der Waals surface area (Å²) in [5.74, 6) is -0.264. The number of carbonyl (C=O) groups is 1. The van der Waals surface area contributed by atoms with Gasteiger partial charge in [-0.1, -0.05) is 23.9 Å². The summed E-state index contributed by atoms with van der Waals surface area (Å²) < 4.78 is 52.8. The third kappa shape index (κ3) is 5.35. The lowest BCUT2D eigenvalue weighted by molar-refractivity contribution is -0.137. The number of thioether (sulfide) groups is 1. The molecule has 10 heteroatoms. The Bertz CT molecular complexity index is 971. The fourth-order valence-electron chi connectivity index (χ4n) is 2.58. The van der Waals surface area contributed by atoms with Crippen LogP contribution in [-0.2, 0) is 18.0 Å². The van der Waals surface area contributed by atoms with Crippen LogP contribution in [0, 0.1) is 5.82 Å². The maximum Gasteiger partial charge on any atom is 0.417 e. The zero-order chi connectivity index (χ0) is 21.0. The first kappa shape index (κ1) is 20.8. The maximum atomic E-state index is 13.3. The molecule has 0 saturated carbocycles. The third-order valence-electron chi connectivity index (χ3n) is 4.04. The van der Waals surface area contributed by atoms with Crippen molar-refractivity contribution in [3.05, 3.63) is 77.8 Å². The van der Waals surface area contributed by atoms with E-state index in [1.165, 1.54) is 18.2 Å². The fourth-order valence-corrected chi connectivity index (χ4v) is 3.24. The third-order valence-corrected chi connectivity index (χ3v) is 4.98. The van der Waals surface area contributed by atoms with Crippen LogP contribution in [0.15, 0.2) is 60.0 Å². The molecule has 0 aliphatic heterocycles. The van der Waals surface area contributed by atoms with Crippen LogP contribution < -0.4 is 5.32 Å². The lowest BCUT2D eigenvalue weighted by Gasteiger charge is -2.19. The Balaban J connectivity index is 1.69. The minimum atomic E-state index is -4.46. The molecule has 2 aromatic heterocycles. The van der Waals surface area contributed by atoms with Gasteiger partial charge in [-0.15, -0.1) is 0 Å². The van der Waals surface area contributed by atoms with Crippen molar-refractivity contribution in [1.82, 2.24) is 19.9 Å².